The van der Waals surface area contributed by atoms with E-state index in [1.54, 1.807) is 11.3 Å². The van der Waals surface area contributed by atoms with Crippen molar-refractivity contribution in [2.24, 2.45) is 0 Å². The Morgan fingerprint density at radius 2 is 2.00 bits per heavy atom. The van der Waals surface area contributed by atoms with Crippen LogP contribution in [0.2, 0.25) is 0 Å². The highest BCUT2D eigenvalue weighted by molar-refractivity contribution is 7.18. The van der Waals surface area contributed by atoms with Gasteiger partial charge in [-0.05, 0) is 31.0 Å². The number of benzene rings is 1. The topological polar surface area (TPSA) is 12.9 Å². The summed E-state index contributed by atoms with van der Waals surface area (Å²) in [6.07, 6.45) is 2.39. The van der Waals surface area contributed by atoms with E-state index in [9.17, 15) is 0 Å². The van der Waals surface area contributed by atoms with Crippen molar-refractivity contribution < 1.29 is 0 Å². The Hall–Kier alpha value is -0.890. The molecule has 82 valence electrons. The minimum Gasteiger partial charge on any atom is -0.242 e. The Labute approximate surface area is 96.2 Å². The first-order chi connectivity index (χ1) is 7.29. The van der Waals surface area contributed by atoms with E-state index in [2.05, 4.69) is 37.0 Å². The van der Waals surface area contributed by atoms with E-state index in [0.29, 0.717) is 0 Å². The lowest BCUT2D eigenvalue weighted by atomic mass is 10.1. The molecular formula is C13H19NS. The van der Waals surface area contributed by atoms with Crippen molar-refractivity contribution in [3.63, 3.8) is 0 Å². The first kappa shape index (κ1) is 12.2. The maximum atomic E-state index is 4.43. The predicted octanol–water partition coefficient (Wildman–Crippen LogP) is 4.58. The number of nitrogens with zero attached hydrogens (tertiary/aromatic N) is 1. The third-order valence-electron chi connectivity index (χ3n) is 2.10. The van der Waals surface area contributed by atoms with E-state index in [1.165, 1.54) is 23.1 Å². The van der Waals surface area contributed by atoms with E-state index < -0.39 is 0 Å². The molecule has 1 heterocycles. The second-order valence-electron chi connectivity index (χ2n) is 3.28. The van der Waals surface area contributed by atoms with Crippen LogP contribution in [0.5, 0.6) is 0 Å². The predicted molar refractivity (Wildman–Crippen MR) is 69.7 cm³/mol. The van der Waals surface area contributed by atoms with Crippen LogP contribution in [0.3, 0.4) is 0 Å². The van der Waals surface area contributed by atoms with E-state index in [-0.39, 0.29) is 0 Å². The van der Waals surface area contributed by atoms with Crippen LogP contribution < -0.4 is 0 Å². The van der Waals surface area contributed by atoms with Crippen LogP contribution in [-0.4, -0.2) is 4.98 Å². The van der Waals surface area contributed by atoms with Gasteiger partial charge in [-0.1, -0.05) is 33.3 Å². The van der Waals surface area contributed by atoms with Crippen molar-refractivity contribution in [3.05, 3.63) is 28.8 Å². The zero-order valence-electron chi connectivity index (χ0n) is 10.0. The summed E-state index contributed by atoms with van der Waals surface area (Å²) in [5.41, 5.74) is 2.57. The molecule has 0 saturated heterocycles. The molecule has 0 radical (unpaired) electrons. The standard InChI is InChI=1S/C11H13NS.C2H6/c1-3-4-9-5-6-10-11(7-9)13-8(2)12-10;1-2/h5-7H,3-4H2,1-2H3;1-2H3. The molecule has 2 heteroatoms. The van der Waals surface area contributed by atoms with Gasteiger partial charge >= 0.3 is 0 Å². The summed E-state index contributed by atoms with van der Waals surface area (Å²) in [5.74, 6) is 0. The second-order valence-corrected chi connectivity index (χ2v) is 4.52. The van der Waals surface area contributed by atoms with E-state index >= 15 is 0 Å². The highest BCUT2D eigenvalue weighted by atomic mass is 32.1. The minimum absolute atomic E-state index is 1.14. The van der Waals surface area contributed by atoms with Gasteiger partial charge in [0.1, 0.15) is 0 Å². The van der Waals surface area contributed by atoms with Gasteiger partial charge in [-0.3, -0.25) is 0 Å². The Balaban J connectivity index is 0.000000531. The average molecular weight is 221 g/mol. The molecule has 0 spiro atoms. The van der Waals surface area contributed by atoms with E-state index in [1.807, 2.05) is 13.8 Å². The second kappa shape index (κ2) is 5.86. The molecule has 15 heavy (non-hydrogen) atoms. The Kier molecular flexibility index (Phi) is 4.76. The van der Waals surface area contributed by atoms with Crippen molar-refractivity contribution in [1.82, 2.24) is 4.98 Å². The van der Waals surface area contributed by atoms with Crippen molar-refractivity contribution >= 4 is 21.6 Å². The number of rotatable bonds is 2. The number of hydrogen-bond acceptors (Lipinski definition) is 2. The van der Waals surface area contributed by atoms with Crippen molar-refractivity contribution in [2.75, 3.05) is 0 Å². The molecule has 0 N–H and O–H groups in total. The van der Waals surface area contributed by atoms with Gasteiger partial charge in [0.15, 0.2) is 0 Å². The molecular weight excluding hydrogens is 202 g/mol. The van der Waals surface area contributed by atoms with Crippen LogP contribution in [0.1, 0.15) is 37.8 Å². The number of fused-ring (bicyclic) bond motifs is 1. The molecule has 2 aromatic rings. The molecule has 0 aliphatic heterocycles. The summed E-state index contributed by atoms with van der Waals surface area (Å²) >= 11 is 1.78. The molecule has 1 aromatic carbocycles. The quantitative estimate of drug-likeness (QED) is 0.723. The Morgan fingerprint density at radius 3 is 2.67 bits per heavy atom. The molecule has 0 fully saturated rings. The number of hydrogen-bond donors (Lipinski definition) is 0. The smallest absolute Gasteiger partial charge is 0.0907 e. The van der Waals surface area contributed by atoms with Gasteiger partial charge < -0.3 is 0 Å². The lowest BCUT2D eigenvalue weighted by Crippen LogP contribution is -1.80. The fourth-order valence-corrected chi connectivity index (χ4v) is 2.42. The SMILES string of the molecule is CC.CCCc1ccc2nc(C)sc2c1. The van der Waals surface area contributed by atoms with Gasteiger partial charge in [-0.25, -0.2) is 4.98 Å². The van der Waals surface area contributed by atoms with Crippen LogP contribution in [0, 0.1) is 6.92 Å². The van der Waals surface area contributed by atoms with Crippen LogP contribution in [0.15, 0.2) is 18.2 Å². The zero-order chi connectivity index (χ0) is 11.3. The number of aryl methyl sites for hydroxylation is 2. The van der Waals surface area contributed by atoms with Crippen LogP contribution >= 0.6 is 11.3 Å². The lowest BCUT2D eigenvalue weighted by Gasteiger charge is -1.96. The zero-order valence-corrected chi connectivity index (χ0v) is 10.8. The third-order valence-corrected chi connectivity index (χ3v) is 3.03. The first-order valence-electron chi connectivity index (χ1n) is 5.65. The van der Waals surface area contributed by atoms with Gasteiger partial charge in [-0.2, -0.15) is 0 Å². The summed E-state index contributed by atoms with van der Waals surface area (Å²) in [6.45, 7) is 8.27. The molecule has 1 nitrogen and oxygen atoms in total. The molecule has 0 aliphatic carbocycles. The highest BCUT2D eigenvalue weighted by Crippen LogP contribution is 2.22. The van der Waals surface area contributed by atoms with E-state index in [0.717, 1.165) is 10.5 Å². The largest absolute Gasteiger partial charge is 0.242 e. The van der Waals surface area contributed by atoms with Crippen molar-refractivity contribution in [3.8, 4) is 0 Å². The maximum absolute atomic E-state index is 4.43. The number of aromatic nitrogens is 1. The Morgan fingerprint density at radius 1 is 1.27 bits per heavy atom. The summed E-state index contributed by atoms with van der Waals surface area (Å²) < 4.78 is 1.32. The van der Waals surface area contributed by atoms with Crippen LogP contribution in [0.4, 0.5) is 0 Å². The first-order valence-corrected chi connectivity index (χ1v) is 6.47. The molecule has 1 aromatic heterocycles. The molecule has 0 amide bonds. The van der Waals surface area contributed by atoms with Gasteiger partial charge in [0.2, 0.25) is 0 Å². The minimum atomic E-state index is 1.14. The van der Waals surface area contributed by atoms with E-state index in [4.69, 9.17) is 0 Å². The van der Waals surface area contributed by atoms with Crippen molar-refractivity contribution in [2.45, 2.75) is 40.5 Å². The number of thiazole rings is 1. The van der Waals surface area contributed by atoms with Gasteiger partial charge in [0.05, 0.1) is 15.2 Å². The average Bonchev–Trinajstić information content (AvgIpc) is 2.61. The summed E-state index contributed by atoms with van der Waals surface area (Å²) in [7, 11) is 0. The summed E-state index contributed by atoms with van der Waals surface area (Å²) in [4.78, 5) is 4.43. The lowest BCUT2D eigenvalue weighted by molar-refractivity contribution is 0.924. The van der Waals surface area contributed by atoms with Gasteiger partial charge in [0, 0.05) is 0 Å². The summed E-state index contributed by atoms with van der Waals surface area (Å²) in [5, 5.41) is 1.16. The highest BCUT2D eigenvalue weighted by Gasteiger charge is 2.00. The van der Waals surface area contributed by atoms with Gasteiger partial charge in [0.25, 0.3) is 0 Å². The molecule has 0 saturated carbocycles. The molecule has 0 aliphatic rings. The normalized spacial score (nSPS) is 9.87. The van der Waals surface area contributed by atoms with Crippen molar-refractivity contribution in [1.29, 1.82) is 0 Å². The Bertz CT molecular complexity index is 417. The molecule has 0 atom stereocenters. The van der Waals surface area contributed by atoms with Gasteiger partial charge in [-0.15, -0.1) is 11.3 Å². The fourth-order valence-electron chi connectivity index (χ4n) is 1.53. The third kappa shape index (κ3) is 3.03. The molecule has 0 unspecified atom stereocenters. The maximum Gasteiger partial charge on any atom is 0.0907 e. The van der Waals surface area contributed by atoms with Crippen LogP contribution in [0.25, 0.3) is 10.2 Å². The molecule has 2 rings (SSSR count). The fraction of sp³-hybridized carbons (Fsp3) is 0.462. The summed E-state index contributed by atoms with van der Waals surface area (Å²) in [6, 6.07) is 6.58. The van der Waals surface area contributed by atoms with Crippen LogP contribution in [-0.2, 0) is 6.42 Å². The molecule has 0 bridgehead atoms. The monoisotopic (exact) mass is 221 g/mol.